The summed E-state index contributed by atoms with van der Waals surface area (Å²) < 4.78 is 0. The summed E-state index contributed by atoms with van der Waals surface area (Å²) in [6.07, 6.45) is 9.49. The Morgan fingerprint density at radius 3 is 3.12 bits per heavy atom. The Labute approximate surface area is 99.1 Å². The summed E-state index contributed by atoms with van der Waals surface area (Å²) in [5, 5.41) is 0. The number of aromatic nitrogens is 3. The number of rotatable bonds is 2. The van der Waals surface area contributed by atoms with E-state index in [9.17, 15) is 4.79 Å². The van der Waals surface area contributed by atoms with Crippen LogP contribution in [-0.2, 0) is 12.8 Å². The molecule has 0 aromatic carbocycles. The molecule has 0 bridgehead atoms. The number of fused-ring (bicyclic) bond motifs is 1. The number of imidazole rings is 1. The topological polar surface area (TPSA) is 58.6 Å². The molecule has 1 atom stereocenters. The van der Waals surface area contributed by atoms with Crippen LogP contribution in [0.4, 0.5) is 0 Å². The Kier molecular flexibility index (Phi) is 2.48. The molecule has 3 rings (SSSR count). The number of carbonyl (C=O) groups is 1. The zero-order valence-electron chi connectivity index (χ0n) is 9.39. The molecule has 0 saturated carbocycles. The van der Waals surface area contributed by atoms with Crippen molar-refractivity contribution in [3.63, 3.8) is 0 Å². The van der Waals surface area contributed by atoms with Gasteiger partial charge in [-0.05, 0) is 30.9 Å². The van der Waals surface area contributed by atoms with Crippen LogP contribution in [-0.4, -0.2) is 20.7 Å². The minimum absolute atomic E-state index is 0.0622. The Morgan fingerprint density at radius 2 is 2.29 bits per heavy atom. The number of Topliss-reactive ketones (excluding diaryl/α,β-unsaturated/α-hetero) is 1. The molecule has 1 N–H and O–H groups in total. The van der Waals surface area contributed by atoms with Gasteiger partial charge in [-0.2, -0.15) is 0 Å². The van der Waals surface area contributed by atoms with Gasteiger partial charge in [0.2, 0.25) is 0 Å². The van der Waals surface area contributed by atoms with Crippen molar-refractivity contribution in [2.75, 3.05) is 0 Å². The molecule has 17 heavy (non-hydrogen) atoms. The summed E-state index contributed by atoms with van der Waals surface area (Å²) in [6, 6.07) is 1.94. The average molecular weight is 227 g/mol. The fourth-order valence-corrected chi connectivity index (χ4v) is 2.40. The molecule has 4 heteroatoms. The average Bonchev–Trinajstić information content (AvgIpc) is 2.86. The second kappa shape index (κ2) is 4.13. The number of nitrogens with one attached hydrogen (secondary N) is 1. The van der Waals surface area contributed by atoms with E-state index in [-0.39, 0.29) is 11.7 Å². The first kappa shape index (κ1) is 10.2. The van der Waals surface area contributed by atoms with Crippen molar-refractivity contribution in [1.29, 1.82) is 0 Å². The predicted molar refractivity (Wildman–Crippen MR) is 62.7 cm³/mol. The molecule has 1 aliphatic carbocycles. The molecule has 0 aliphatic heterocycles. The number of hydrogen-bond acceptors (Lipinski definition) is 3. The summed E-state index contributed by atoms with van der Waals surface area (Å²) >= 11 is 0. The van der Waals surface area contributed by atoms with Gasteiger partial charge >= 0.3 is 0 Å². The lowest BCUT2D eigenvalue weighted by atomic mass is 9.81. The van der Waals surface area contributed by atoms with Crippen LogP contribution in [0.15, 0.2) is 31.0 Å². The number of pyridine rings is 1. The molecule has 4 nitrogen and oxygen atoms in total. The molecule has 2 aromatic heterocycles. The smallest absolute Gasteiger partial charge is 0.168 e. The summed E-state index contributed by atoms with van der Waals surface area (Å²) in [4.78, 5) is 23.3. The SMILES string of the molecule is O=C1c2cnccc2CCC1Cc1cnc[nH]1. The monoisotopic (exact) mass is 227 g/mol. The third-order valence-electron chi connectivity index (χ3n) is 3.33. The molecule has 2 aromatic rings. The first-order valence-electron chi connectivity index (χ1n) is 5.79. The summed E-state index contributed by atoms with van der Waals surface area (Å²) in [5.41, 5.74) is 2.95. The highest BCUT2D eigenvalue weighted by atomic mass is 16.1. The van der Waals surface area contributed by atoms with E-state index in [1.807, 2.05) is 6.07 Å². The van der Waals surface area contributed by atoms with Gasteiger partial charge in [-0.1, -0.05) is 0 Å². The van der Waals surface area contributed by atoms with Crippen molar-refractivity contribution in [2.45, 2.75) is 19.3 Å². The Bertz CT molecular complexity index is 533. The number of carbonyl (C=O) groups excluding carboxylic acids is 1. The van der Waals surface area contributed by atoms with Crippen LogP contribution in [0.2, 0.25) is 0 Å². The van der Waals surface area contributed by atoms with Crippen molar-refractivity contribution < 1.29 is 4.79 Å². The fraction of sp³-hybridized carbons (Fsp3) is 0.308. The van der Waals surface area contributed by atoms with Gasteiger partial charge in [-0.25, -0.2) is 4.98 Å². The van der Waals surface area contributed by atoms with E-state index in [1.54, 1.807) is 24.9 Å². The van der Waals surface area contributed by atoms with E-state index in [2.05, 4.69) is 15.0 Å². The van der Waals surface area contributed by atoms with Crippen LogP contribution < -0.4 is 0 Å². The van der Waals surface area contributed by atoms with Gasteiger partial charge < -0.3 is 4.98 Å². The van der Waals surface area contributed by atoms with Gasteiger partial charge in [0.05, 0.1) is 6.33 Å². The molecule has 0 fully saturated rings. The predicted octanol–water partition coefficient (Wildman–Crippen LogP) is 1.79. The highest BCUT2D eigenvalue weighted by molar-refractivity contribution is 6.00. The minimum Gasteiger partial charge on any atom is -0.348 e. The van der Waals surface area contributed by atoms with Crippen LogP contribution in [0.25, 0.3) is 0 Å². The van der Waals surface area contributed by atoms with Crippen LogP contribution in [0.5, 0.6) is 0 Å². The van der Waals surface area contributed by atoms with E-state index in [0.717, 1.165) is 36.1 Å². The Hall–Kier alpha value is -1.97. The van der Waals surface area contributed by atoms with Gasteiger partial charge in [0.25, 0.3) is 0 Å². The zero-order valence-corrected chi connectivity index (χ0v) is 9.39. The quantitative estimate of drug-likeness (QED) is 0.851. The summed E-state index contributed by atoms with van der Waals surface area (Å²) in [7, 11) is 0. The number of aromatic amines is 1. The van der Waals surface area contributed by atoms with Crippen molar-refractivity contribution >= 4 is 5.78 Å². The van der Waals surface area contributed by atoms with E-state index in [1.165, 1.54) is 0 Å². The summed E-state index contributed by atoms with van der Waals surface area (Å²) in [5.74, 6) is 0.279. The molecule has 0 amide bonds. The number of nitrogens with zero attached hydrogens (tertiary/aromatic N) is 2. The third-order valence-corrected chi connectivity index (χ3v) is 3.33. The van der Waals surface area contributed by atoms with Crippen molar-refractivity contribution in [1.82, 2.24) is 15.0 Å². The first-order chi connectivity index (χ1) is 8.34. The standard InChI is InChI=1S/C13H13N3O/c17-13-10(5-11-6-15-8-16-11)2-1-9-3-4-14-7-12(9)13/h3-4,6-8,10H,1-2,5H2,(H,15,16). The molecule has 0 saturated heterocycles. The zero-order chi connectivity index (χ0) is 11.7. The van der Waals surface area contributed by atoms with E-state index < -0.39 is 0 Å². The number of aryl methyl sites for hydroxylation is 1. The van der Waals surface area contributed by atoms with Crippen LogP contribution in [0, 0.1) is 5.92 Å². The van der Waals surface area contributed by atoms with Crippen LogP contribution in [0.1, 0.15) is 28.0 Å². The number of ketones is 1. The Morgan fingerprint density at radius 1 is 1.35 bits per heavy atom. The molecular formula is C13H13N3O. The maximum atomic E-state index is 12.3. The lowest BCUT2D eigenvalue weighted by Crippen LogP contribution is -2.24. The minimum atomic E-state index is 0.0622. The lowest BCUT2D eigenvalue weighted by Gasteiger charge is -2.22. The highest BCUT2D eigenvalue weighted by Crippen LogP contribution is 2.26. The maximum absolute atomic E-state index is 12.3. The Balaban J connectivity index is 1.84. The first-order valence-corrected chi connectivity index (χ1v) is 5.79. The fourth-order valence-electron chi connectivity index (χ4n) is 2.40. The number of H-pyrrole nitrogens is 1. The van der Waals surface area contributed by atoms with Crippen molar-refractivity contribution in [3.8, 4) is 0 Å². The van der Waals surface area contributed by atoms with Crippen molar-refractivity contribution in [3.05, 3.63) is 47.8 Å². The highest BCUT2D eigenvalue weighted by Gasteiger charge is 2.27. The van der Waals surface area contributed by atoms with E-state index in [4.69, 9.17) is 0 Å². The van der Waals surface area contributed by atoms with Crippen LogP contribution in [0.3, 0.4) is 0 Å². The molecule has 0 spiro atoms. The number of hydrogen-bond donors (Lipinski definition) is 1. The normalized spacial score (nSPS) is 19.1. The van der Waals surface area contributed by atoms with Gasteiger partial charge in [0, 0.05) is 35.8 Å². The second-order valence-corrected chi connectivity index (χ2v) is 4.41. The largest absolute Gasteiger partial charge is 0.348 e. The molecule has 1 aliphatic rings. The second-order valence-electron chi connectivity index (χ2n) is 4.41. The molecule has 0 radical (unpaired) electrons. The van der Waals surface area contributed by atoms with Gasteiger partial charge in [-0.15, -0.1) is 0 Å². The molecule has 86 valence electrons. The van der Waals surface area contributed by atoms with E-state index in [0.29, 0.717) is 0 Å². The maximum Gasteiger partial charge on any atom is 0.168 e. The van der Waals surface area contributed by atoms with Gasteiger partial charge in [0.15, 0.2) is 5.78 Å². The lowest BCUT2D eigenvalue weighted by molar-refractivity contribution is 0.0900. The van der Waals surface area contributed by atoms with Crippen LogP contribution >= 0.6 is 0 Å². The van der Waals surface area contributed by atoms with Gasteiger partial charge in [-0.3, -0.25) is 9.78 Å². The third kappa shape index (κ3) is 1.86. The molecule has 2 heterocycles. The molecule has 1 unspecified atom stereocenters. The van der Waals surface area contributed by atoms with Gasteiger partial charge in [0.1, 0.15) is 0 Å². The molecular weight excluding hydrogens is 214 g/mol. The summed E-state index contributed by atoms with van der Waals surface area (Å²) in [6.45, 7) is 0. The van der Waals surface area contributed by atoms with E-state index >= 15 is 0 Å². The van der Waals surface area contributed by atoms with Crippen molar-refractivity contribution in [2.24, 2.45) is 5.92 Å².